The van der Waals surface area contributed by atoms with Crippen LogP contribution in [0, 0.1) is 23.7 Å². The van der Waals surface area contributed by atoms with Crippen LogP contribution in [0.25, 0.3) is 0 Å². The van der Waals surface area contributed by atoms with Gasteiger partial charge in [0, 0.05) is 5.92 Å². The van der Waals surface area contributed by atoms with Gasteiger partial charge in [0.25, 0.3) is 0 Å². The van der Waals surface area contributed by atoms with Crippen molar-refractivity contribution in [1.82, 2.24) is 0 Å². The van der Waals surface area contributed by atoms with Gasteiger partial charge in [0.2, 0.25) is 0 Å². The molecule has 88 valence electrons. The molecule has 0 amide bonds. The normalized spacial score (nSPS) is 50.4. The van der Waals surface area contributed by atoms with Gasteiger partial charge in [0.1, 0.15) is 0 Å². The monoisotopic (exact) mass is 212 g/mol. The standard InChI is InChI=1S/C13H24O2/c1-3-8-5-6-10-7-9(4-2)13(15)11(10)12(8)14/h8-15H,3-7H2,1-2H3/t8-,9+,10?,11?,12?,13?/m0/s1. The zero-order valence-electron chi connectivity index (χ0n) is 9.89. The highest BCUT2D eigenvalue weighted by molar-refractivity contribution is 4.98. The minimum atomic E-state index is -0.250. The summed E-state index contributed by atoms with van der Waals surface area (Å²) in [5, 5.41) is 20.5. The molecule has 2 rings (SSSR count). The number of hydrogen-bond acceptors (Lipinski definition) is 2. The van der Waals surface area contributed by atoms with Gasteiger partial charge in [-0.3, -0.25) is 0 Å². The van der Waals surface area contributed by atoms with Crippen molar-refractivity contribution in [2.75, 3.05) is 0 Å². The first kappa shape index (κ1) is 11.4. The molecule has 0 aliphatic heterocycles. The Balaban J connectivity index is 2.10. The summed E-state index contributed by atoms with van der Waals surface area (Å²) in [7, 11) is 0. The number of aliphatic hydroxyl groups is 2. The molecule has 0 aromatic carbocycles. The Morgan fingerprint density at radius 1 is 0.933 bits per heavy atom. The second-order valence-electron chi connectivity index (χ2n) is 5.47. The fourth-order valence-electron chi connectivity index (χ4n) is 3.84. The van der Waals surface area contributed by atoms with Crippen molar-refractivity contribution in [2.45, 2.75) is 58.2 Å². The molecule has 0 heterocycles. The zero-order chi connectivity index (χ0) is 11.0. The van der Waals surface area contributed by atoms with E-state index in [0.717, 1.165) is 25.7 Å². The third kappa shape index (κ3) is 1.83. The Kier molecular flexibility index (Phi) is 3.36. The summed E-state index contributed by atoms with van der Waals surface area (Å²) in [5.74, 6) is 1.62. The molecule has 2 aliphatic carbocycles. The van der Waals surface area contributed by atoms with Crippen LogP contribution in [0.1, 0.15) is 46.0 Å². The van der Waals surface area contributed by atoms with Crippen LogP contribution < -0.4 is 0 Å². The lowest BCUT2D eigenvalue weighted by Crippen LogP contribution is -2.41. The number of fused-ring (bicyclic) bond motifs is 1. The van der Waals surface area contributed by atoms with Crippen LogP contribution in [-0.4, -0.2) is 22.4 Å². The number of rotatable bonds is 2. The summed E-state index contributed by atoms with van der Waals surface area (Å²) in [6, 6.07) is 0. The third-order valence-electron chi connectivity index (χ3n) is 4.86. The first-order valence-electron chi connectivity index (χ1n) is 6.55. The van der Waals surface area contributed by atoms with Gasteiger partial charge in [-0.1, -0.05) is 26.7 Å². The average molecular weight is 212 g/mol. The van der Waals surface area contributed by atoms with Crippen LogP contribution in [0.15, 0.2) is 0 Å². The molecule has 0 bridgehead atoms. The molecule has 0 aromatic rings. The van der Waals surface area contributed by atoms with Crippen molar-refractivity contribution in [3.8, 4) is 0 Å². The summed E-state index contributed by atoms with van der Waals surface area (Å²) >= 11 is 0. The van der Waals surface area contributed by atoms with Crippen LogP contribution in [-0.2, 0) is 0 Å². The molecule has 0 aromatic heterocycles. The fourth-order valence-corrected chi connectivity index (χ4v) is 3.84. The minimum Gasteiger partial charge on any atom is -0.392 e. The highest BCUT2D eigenvalue weighted by Gasteiger charge is 2.48. The molecule has 2 nitrogen and oxygen atoms in total. The predicted molar refractivity (Wildman–Crippen MR) is 60.4 cm³/mol. The SMILES string of the molecule is CC[C@@H]1CC2CC[C@H](CC)C(O)C2C1O. The second-order valence-corrected chi connectivity index (χ2v) is 5.47. The van der Waals surface area contributed by atoms with Gasteiger partial charge in [0.15, 0.2) is 0 Å². The van der Waals surface area contributed by atoms with Gasteiger partial charge in [-0.25, -0.2) is 0 Å². The van der Waals surface area contributed by atoms with E-state index >= 15 is 0 Å². The predicted octanol–water partition coefficient (Wildman–Crippen LogP) is 2.19. The van der Waals surface area contributed by atoms with Crippen molar-refractivity contribution in [2.24, 2.45) is 23.7 Å². The van der Waals surface area contributed by atoms with Crippen molar-refractivity contribution >= 4 is 0 Å². The maximum absolute atomic E-state index is 10.3. The Labute approximate surface area is 92.7 Å². The van der Waals surface area contributed by atoms with Crippen molar-refractivity contribution in [3.63, 3.8) is 0 Å². The Morgan fingerprint density at radius 2 is 1.53 bits per heavy atom. The van der Waals surface area contributed by atoms with Crippen LogP contribution in [0.3, 0.4) is 0 Å². The molecule has 2 heteroatoms. The van der Waals surface area contributed by atoms with Crippen LogP contribution in [0.2, 0.25) is 0 Å². The van der Waals surface area contributed by atoms with E-state index in [1.807, 2.05) is 0 Å². The van der Waals surface area contributed by atoms with Crippen LogP contribution in [0.4, 0.5) is 0 Å². The number of hydrogen-bond donors (Lipinski definition) is 2. The van der Waals surface area contributed by atoms with Gasteiger partial charge >= 0.3 is 0 Å². The van der Waals surface area contributed by atoms with E-state index in [1.54, 1.807) is 0 Å². The van der Waals surface area contributed by atoms with Gasteiger partial charge in [0.05, 0.1) is 12.2 Å². The maximum atomic E-state index is 10.3. The molecule has 4 unspecified atom stereocenters. The molecule has 6 atom stereocenters. The summed E-state index contributed by atoms with van der Waals surface area (Å²) in [6.45, 7) is 4.29. The smallest absolute Gasteiger partial charge is 0.0623 e. The van der Waals surface area contributed by atoms with Gasteiger partial charge in [-0.2, -0.15) is 0 Å². The topological polar surface area (TPSA) is 40.5 Å². The lowest BCUT2D eigenvalue weighted by molar-refractivity contribution is -0.0544. The lowest BCUT2D eigenvalue weighted by atomic mass is 9.72. The van der Waals surface area contributed by atoms with E-state index in [0.29, 0.717) is 17.8 Å². The molecule has 2 aliphatic rings. The largest absolute Gasteiger partial charge is 0.392 e. The fraction of sp³-hybridized carbons (Fsp3) is 1.00. The summed E-state index contributed by atoms with van der Waals surface area (Å²) in [6.07, 6.45) is 5.11. The molecule has 2 saturated carbocycles. The molecule has 2 N–H and O–H groups in total. The van der Waals surface area contributed by atoms with Crippen LogP contribution in [0.5, 0.6) is 0 Å². The molecule has 0 saturated heterocycles. The zero-order valence-corrected chi connectivity index (χ0v) is 9.89. The first-order chi connectivity index (χ1) is 7.19. The Bertz CT molecular complexity index is 213. The van der Waals surface area contributed by atoms with Gasteiger partial charge < -0.3 is 10.2 Å². The van der Waals surface area contributed by atoms with E-state index in [1.165, 1.54) is 6.42 Å². The van der Waals surface area contributed by atoms with E-state index in [2.05, 4.69) is 13.8 Å². The molecule has 15 heavy (non-hydrogen) atoms. The molecular formula is C13H24O2. The highest BCUT2D eigenvalue weighted by atomic mass is 16.3. The Morgan fingerprint density at radius 3 is 2.13 bits per heavy atom. The third-order valence-corrected chi connectivity index (χ3v) is 4.86. The van der Waals surface area contributed by atoms with Crippen molar-refractivity contribution in [3.05, 3.63) is 0 Å². The Hall–Kier alpha value is -0.0800. The van der Waals surface area contributed by atoms with E-state index in [4.69, 9.17) is 0 Å². The second kappa shape index (κ2) is 4.42. The highest BCUT2D eigenvalue weighted by Crippen LogP contribution is 2.48. The number of aliphatic hydroxyl groups excluding tert-OH is 2. The summed E-state index contributed by atoms with van der Waals surface area (Å²) in [4.78, 5) is 0. The first-order valence-corrected chi connectivity index (χ1v) is 6.55. The van der Waals surface area contributed by atoms with Crippen molar-refractivity contribution in [1.29, 1.82) is 0 Å². The molecular weight excluding hydrogens is 188 g/mol. The molecule has 2 fully saturated rings. The van der Waals surface area contributed by atoms with E-state index < -0.39 is 0 Å². The van der Waals surface area contributed by atoms with Gasteiger partial charge in [-0.05, 0) is 37.0 Å². The van der Waals surface area contributed by atoms with Crippen LogP contribution >= 0.6 is 0 Å². The minimum absolute atomic E-state index is 0.175. The molecule has 0 radical (unpaired) electrons. The van der Waals surface area contributed by atoms with Crippen molar-refractivity contribution < 1.29 is 10.2 Å². The quantitative estimate of drug-likeness (QED) is 0.736. The van der Waals surface area contributed by atoms with Gasteiger partial charge in [-0.15, -0.1) is 0 Å². The van der Waals surface area contributed by atoms with E-state index in [-0.39, 0.29) is 18.1 Å². The summed E-state index contributed by atoms with van der Waals surface area (Å²) in [5.41, 5.74) is 0. The van der Waals surface area contributed by atoms with E-state index in [9.17, 15) is 10.2 Å². The average Bonchev–Trinajstić information content (AvgIpc) is 2.57. The summed E-state index contributed by atoms with van der Waals surface area (Å²) < 4.78 is 0. The maximum Gasteiger partial charge on any atom is 0.0623 e. The lowest BCUT2D eigenvalue weighted by Gasteiger charge is -2.38. The molecule has 0 spiro atoms.